The molecule has 1 unspecified atom stereocenters. The highest BCUT2D eigenvalue weighted by Crippen LogP contribution is 2.28. The van der Waals surface area contributed by atoms with Gasteiger partial charge < -0.3 is 5.11 Å². The Morgan fingerprint density at radius 1 is 0.781 bits per heavy atom. The first-order valence-electron chi connectivity index (χ1n) is 11.2. The molecule has 32 heavy (non-hydrogen) atoms. The van der Waals surface area contributed by atoms with E-state index < -0.39 is 6.10 Å². The third-order valence-electron chi connectivity index (χ3n) is 5.50. The molecule has 0 fully saturated rings. The Kier molecular flexibility index (Phi) is 6.97. The molecular weight excluding hydrogens is 398 g/mol. The monoisotopic (exact) mass is 425 g/mol. The van der Waals surface area contributed by atoms with E-state index in [2.05, 4.69) is 21.9 Å². The van der Waals surface area contributed by atoms with Crippen LogP contribution >= 0.6 is 0 Å². The molecule has 3 aromatic rings. The summed E-state index contributed by atoms with van der Waals surface area (Å²) in [7, 11) is 0. The smallest absolute Gasteiger partial charge is 0.199 e. The molecule has 4 rings (SSSR count). The summed E-state index contributed by atoms with van der Waals surface area (Å²) in [6, 6.07) is 19.3. The summed E-state index contributed by atoms with van der Waals surface area (Å²) in [6.45, 7) is 2.18. The van der Waals surface area contributed by atoms with Gasteiger partial charge in [0.05, 0.1) is 5.57 Å². The minimum absolute atomic E-state index is 0.293. The standard InChI is InChI=1S/C27H27N3O2/c1-2-3-4-7-12-19-17-22(24(32)23(31)18-19)27-29-25(20-13-8-5-9-14-20)28-26(30-27)21-15-10-6-11-16-21/h5-6,8-11,13-18,23,31H,2-4,7,12H2,1H3. The molecule has 0 radical (unpaired) electrons. The van der Waals surface area contributed by atoms with Gasteiger partial charge in [-0.3, -0.25) is 4.79 Å². The molecule has 0 saturated heterocycles. The second-order valence-corrected chi connectivity index (χ2v) is 7.96. The summed E-state index contributed by atoms with van der Waals surface area (Å²) in [5.74, 6) is 0.904. The number of rotatable bonds is 8. The number of carbonyl (C=O) groups is 1. The van der Waals surface area contributed by atoms with Crippen LogP contribution in [0.5, 0.6) is 0 Å². The first kappa shape index (κ1) is 21.8. The summed E-state index contributed by atoms with van der Waals surface area (Å²) in [4.78, 5) is 26.8. The van der Waals surface area contributed by atoms with E-state index in [1.54, 1.807) is 6.08 Å². The highest BCUT2D eigenvalue weighted by molar-refractivity contribution is 6.24. The van der Waals surface area contributed by atoms with Crippen molar-refractivity contribution in [3.8, 4) is 22.8 Å². The Morgan fingerprint density at radius 3 is 1.91 bits per heavy atom. The number of hydrogen-bond acceptors (Lipinski definition) is 5. The van der Waals surface area contributed by atoms with Crippen LogP contribution < -0.4 is 0 Å². The van der Waals surface area contributed by atoms with Gasteiger partial charge in [-0.2, -0.15) is 0 Å². The van der Waals surface area contributed by atoms with Crippen molar-refractivity contribution < 1.29 is 9.90 Å². The number of ketones is 1. The van der Waals surface area contributed by atoms with Crippen molar-refractivity contribution in [1.29, 1.82) is 0 Å². The van der Waals surface area contributed by atoms with Crippen LogP contribution in [0.15, 0.2) is 78.4 Å². The van der Waals surface area contributed by atoms with Gasteiger partial charge in [0.15, 0.2) is 23.3 Å². The number of aromatic nitrogens is 3. The van der Waals surface area contributed by atoms with Crippen LogP contribution in [0.25, 0.3) is 28.3 Å². The molecule has 1 aliphatic rings. The average molecular weight is 426 g/mol. The van der Waals surface area contributed by atoms with E-state index in [9.17, 15) is 9.90 Å². The average Bonchev–Trinajstić information content (AvgIpc) is 2.84. The first-order valence-corrected chi connectivity index (χ1v) is 11.2. The van der Waals surface area contributed by atoms with E-state index in [1.807, 2.05) is 66.7 Å². The van der Waals surface area contributed by atoms with Gasteiger partial charge in [-0.15, -0.1) is 0 Å². The second kappa shape index (κ2) is 10.2. The number of allylic oxidation sites excluding steroid dienone is 2. The maximum atomic E-state index is 12.9. The largest absolute Gasteiger partial charge is 0.381 e. The van der Waals surface area contributed by atoms with E-state index in [4.69, 9.17) is 0 Å². The number of Topliss-reactive ketones (excluding diaryl/α,β-unsaturated/α-hetero) is 1. The van der Waals surface area contributed by atoms with E-state index in [0.717, 1.165) is 42.4 Å². The quantitative estimate of drug-likeness (QED) is 0.487. The van der Waals surface area contributed by atoms with Gasteiger partial charge in [0, 0.05) is 11.1 Å². The molecule has 0 saturated carbocycles. The van der Waals surface area contributed by atoms with E-state index in [0.29, 0.717) is 23.0 Å². The molecule has 1 aromatic heterocycles. The third-order valence-corrected chi connectivity index (χ3v) is 5.50. The molecular formula is C27H27N3O2. The number of carbonyl (C=O) groups excluding carboxylic acids is 1. The highest BCUT2D eigenvalue weighted by Gasteiger charge is 2.27. The van der Waals surface area contributed by atoms with Gasteiger partial charge in [-0.05, 0) is 30.6 Å². The molecule has 0 bridgehead atoms. The summed E-state index contributed by atoms with van der Waals surface area (Å²) in [6.07, 6.45) is 7.62. The third kappa shape index (κ3) is 5.06. The van der Waals surface area contributed by atoms with Crippen LogP contribution in [-0.4, -0.2) is 31.9 Å². The fourth-order valence-corrected chi connectivity index (χ4v) is 3.76. The molecule has 0 spiro atoms. The van der Waals surface area contributed by atoms with Crippen LogP contribution in [-0.2, 0) is 4.79 Å². The van der Waals surface area contributed by atoms with Crippen molar-refractivity contribution in [3.63, 3.8) is 0 Å². The van der Waals surface area contributed by atoms with Crippen molar-refractivity contribution in [2.75, 3.05) is 0 Å². The van der Waals surface area contributed by atoms with Crippen molar-refractivity contribution in [2.24, 2.45) is 0 Å². The predicted molar refractivity (Wildman–Crippen MR) is 127 cm³/mol. The van der Waals surface area contributed by atoms with Gasteiger partial charge in [0.25, 0.3) is 0 Å². The van der Waals surface area contributed by atoms with Crippen LogP contribution in [0.3, 0.4) is 0 Å². The van der Waals surface area contributed by atoms with Crippen LogP contribution in [0.1, 0.15) is 44.9 Å². The summed E-state index contributed by atoms with van der Waals surface area (Å²) < 4.78 is 0. The zero-order valence-electron chi connectivity index (χ0n) is 18.2. The zero-order valence-corrected chi connectivity index (χ0v) is 18.2. The van der Waals surface area contributed by atoms with E-state index in [1.165, 1.54) is 6.42 Å². The van der Waals surface area contributed by atoms with Gasteiger partial charge in [0.1, 0.15) is 6.10 Å². The second-order valence-electron chi connectivity index (χ2n) is 7.96. The van der Waals surface area contributed by atoms with Crippen molar-refractivity contribution in [3.05, 3.63) is 84.2 Å². The van der Waals surface area contributed by atoms with E-state index >= 15 is 0 Å². The maximum Gasteiger partial charge on any atom is 0.199 e. The number of hydrogen-bond donors (Lipinski definition) is 1. The lowest BCUT2D eigenvalue weighted by atomic mass is 9.92. The Labute approximate surface area is 188 Å². The predicted octanol–water partition coefficient (Wildman–Crippen LogP) is 5.43. The molecule has 1 heterocycles. The minimum atomic E-state index is -1.17. The number of nitrogens with zero attached hydrogens (tertiary/aromatic N) is 3. The fourth-order valence-electron chi connectivity index (χ4n) is 3.76. The molecule has 0 aliphatic heterocycles. The SMILES string of the molecule is CCCCCCC1=CC(O)C(=O)C(c2nc(-c3ccccc3)nc(-c3ccccc3)n2)=C1. The molecule has 1 aliphatic carbocycles. The highest BCUT2D eigenvalue weighted by atomic mass is 16.3. The molecule has 5 heteroatoms. The number of unbranched alkanes of at least 4 members (excludes halogenated alkanes) is 3. The molecule has 1 N–H and O–H groups in total. The summed E-state index contributed by atoms with van der Waals surface area (Å²) in [5, 5.41) is 10.4. The lowest BCUT2D eigenvalue weighted by Crippen LogP contribution is -2.24. The first-order chi connectivity index (χ1) is 15.7. The summed E-state index contributed by atoms with van der Waals surface area (Å²) in [5.41, 5.74) is 2.97. The van der Waals surface area contributed by atoms with E-state index in [-0.39, 0.29) is 5.78 Å². The summed E-state index contributed by atoms with van der Waals surface area (Å²) >= 11 is 0. The topological polar surface area (TPSA) is 76.0 Å². The van der Waals surface area contributed by atoms with Gasteiger partial charge in [-0.1, -0.05) is 86.8 Å². The Hall–Kier alpha value is -3.44. The Morgan fingerprint density at radius 2 is 1.34 bits per heavy atom. The number of aliphatic hydroxyl groups is 1. The Balaban J connectivity index is 1.76. The Bertz CT molecular complexity index is 1080. The number of aliphatic hydroxyl groups excluding tert-OH is 1. The molecule has 1 atom stereocenters. The number of benzene rings is 2. The lowest BCUT2D eigenvalue weighted by molar-refractivity contribution is -0.119. The van der Waals surface area contributed by atoms with Crippen molar-refractivity contribution in [2.45, 2.75) is 45.1 Å². The fraction of sp³-hybridized carbons (Fsp3) is 0.259. The zero-order chi connectivity index (χ0) is 22.3. The van der Waals surface area contributed by atoms with Gasteiger partial charge in [0.2, 0.25) is 0 Å². The minimum Gasteiger partial charge on any atom is -0.381 e. The normalized spacial score (nSPS) is 15.9. The van der Waals surface area contributed by atoms with Crippen LogP contribution in [0, 0.1) is 0 Å². The molecule has 0 amide bonds. The van der Waals surface area contributed by atoms with Crippen LogP contribution in [0.4, 0.5) is 0 Å². The van der Waals surface area contributed by atoms with Crippen molar-refractivity contribution in [1.82, 2.24) is 15.0 Å². The molecule has 2 aromatic carbocycles. The lowest BCUT2D eigenvalue weighted by Gasteiger charge is -2.17. The molecule has 5 nitrogen and oxygen atoms in total. The van der Waals surface area contributed by atoms with Gasteiger partial charge in [-0.25, -0.2) is 15.0 Å². The van der Waals surface area contributed by atoms with Crippen molar-refractivity contribution >= 4 is 11.4 Å². The van der Waals surface area contributed by atoms with Gasteiger partial charge >= 0.3 is 0 Å². The van der Waals surface area contributed by atoms with Crippen LogP contribution in [0.2, 0.25) is 0 Å². The molecule has 162 valence electrons. The maximum absolute atomic E-state index is 12.9.